The number of rotatable bonds is 9. The van der Waals surface area contributed by atoms with Gasteiger partial charge in [0, 0.05) is 51.6 Å². The highest BCUT2D eigenvalue weighted by molar-refractivity contribution is 5.95. The Bertz CT molecular complexity index is 1800. The third-order valence-corrected chi connectivity index (χ3v) is 8.41. The minimum absolute atomic E-state index is 0.0418. The smallest absolute Gasteiger partial charge is 0.247 e. The van der Waals surface area contributed by atoms with Crippen molar-refractivity contribution in [2.24, 2.45) is 7.05 Å². The number of carbonyl (C=O) groups is 2. The van der Waals surface area contributed by atoms with Crippen LogP contribution in [0.3, 0.4) is 0 Å². The summed E-state index contributed by atoms with van der Waals surface area (Å²) in [7, 11) is 1.86. The van der Waals surface area contributed by atoms with Crippen molar-refractivity contribution < 1.29 is 9.59 Å². The van der Waals surface area contributed by atoms with Crippen LogP contribution in [-0.4, -0.2) is 49.0 Å². The van der Waals surface area contributed by atoms with Crippen LogP contribution in [0.15, 0.2) is 116 Å². The van der Waals surface area contributed by atoms with Gasteiger partial charge in [0.1, 0.15) is 6.04 Å². The lowest BCUT2D eigenvalue weighted by Gasteiger charge is -2.37. The molecule has 0 saturated carbocycles. The second kappa shape index (κ2) is 13.6. The molecular formula is C38H37N5O2. The molecule has 3 aromatic carbocycles. The number of amides is 2. The molecular weight excluding hydrogens is 558 g/mol. The van der Waals surface area contributed by atoms with E-state index in [2.05, 4.69) is 34.3 Å². The summed E-state index contributed by atoms with van der Waals surface area (Å²) in [6, 6.07) is 31.6. The molecule has 0 bridgehead atoms. The molecule has 1 atom stereocenters. The van der Waals surface area contributed by atoms with E-state index in [1.165, 1.54) is 5.56 Å². The number of aromatic nitrogens is 3. The van der Waals surface area contributed by atoms with Crippen LogP contribution in [0.4, 0.5) is 0 Å². The predicted molar refractivity (Wildman–Crippen MR) is 177 cm³/mol. The third kappa shape index (κ3) is 7.10. The zero-order valence-corrected chi connectivity index (χ0v) is 25.7. The normalized spacial score (nSPS) is 13.4. The lowest BCUT2D eigenvalue weighted by molar-refractivity contribution is -0.144. The summed E-state index contributed by atoms with van der Waals surface area (Å²) in [5.41, 5.74) is 8.21. The summed E-state index contributed by atoms with van der Waals surface area (Å²) in [4.78, 5) is 36.5. The second-order valence-corrected chi connectivity index (χ2v) is 11.6. The molecule has 3 heterocycles. The van der Waals surface area contributed by atoms with Gasteiger partial charge >= 0.3 is 0 Å². The van der Waals surface area contributed by atoms with E-state index in [-0.39, 0.29) is 18.4 Å². The fourth-order valence-electron chi connectivity index (χ4n) is 5.99. The van der Waals surface area contributed by atoms with Gasteiger partial charge < -0.3 is 9.80 Å². The van der Waals surface area contributed by atoms with Crippen molar-refractivity contribution in [3.63, 3.8) is 0 Å². The average Bonchev–Trinajstić information content (AvgIpc) is 3.41. The molecule has 2 aromatic heterocycles. The van der Waals surface area contributed by atoms with E-state index in [0.29, 0.717) is 19.5 Å². The lowest BCUT2D eigenvalue weighted by atomic mass is 9.97. The first kappa shape index (κ1) is 29.8. The minimum atomic E-state index is -0.692. The Kier molecular flexibility index (Phi) is 8.96. The van der Waals surface area contributed by atoms with Crippen molar-refractivity contribution in [2.75, 3.05) is 6.54 Å². The van der Waals surface area contributed by atoms with Crippen LogP contribution in [0.25, 0.3) is 17.2 Å². The number of hydrogen-bond donors (Lipinski definition) is 0. The largest absolute Gasteiger partial charge is 0.336 e. The van der Waals surface area contributed by atoms with Crippen LogP contribution < -0.4 is 0 Å². The first-order chi connectivity index (χ1) is 21.9. The average molecular weight is 596 g/mol. The van der Waals surface area contributed by atoms with Gasteiger partial charge in [0.05, 0.1) is 11.4 Å². The van der Waals surface area contributed by atoms with Gasteiger partial charge in [-0.2, -0.15) is 5.10 Å². The molecule has 6 rings (SSSR count). The van der Waals surface area contributed by atoms with E-state index in [4.69, 9.17) is 0 Å². The highest BCUT2D eigenvalue weighted by Crippen LogP contribution is 2.24. The number of aryl methyl sites for hydroxylation is 2. The fraction of sp³-hybridized carbons (Fsp3) is 0.211. The maximum Gasteiger partial charge on any atom is 0.247 e. The lowest BCUT2D eigenvalue weighted by Crippen LogP contribution is -2.52. The van der Waals surface area contributed by atoms with Gasteiger partial charge in [-0.1, -0.05) is 78.9 Å². The SMILES string of the molecule is Cc1cc(/C=C/C(=O)N(Cc2ccc(-c3ccncc3)cc2)[C@@H](Cc2ccccc2)C(=O)N2CCc3ccccc3C2)n(C)n1. The topological polar surface area (TPSA) is 71.3 Å². The van der Waals surface area contributed by atoms with Gasteiger partial charge in [-0.05, 0) is 71.0 Å². The molecule has 0 aliphatic carbocycles. The van der Waals surface area contributed by atoms with Crippen molar-refractivity contribution in [1.82, 2.24) is 24.6 Å². The molecule has 0 unspecified atom stereocenters. The van der Waals surface area contributed by atoms with E-state index in [1.807, 2.05) is 91.7 Å². The molecule has 7 nitrogen and oxygen atoms in total. The van der Waals surface area contributed by atoms with Gasteiger partial charge in [0.2, 0.25) is 11.8 Å². The molecule has 2 amide bonds. The Balaban J connectivity index is 1.35. The third-order valence-electron chi connectivity index (χ3n) is 8.41. The summed E-state index contributed by atoms with van der Waals surface area (Å²) in [6.07, 6.45) is 8.11. The van der Waals surface area contributed by atoms with E-state index in [1.54, 1.807) is 34.1 Å². The van der Waals surface area contributed by atoms with Crippen molar-refractivity contribution in [1.29, 1.82) is 0 Å². The van der Waals surface area contributed by atoms with E-state index in [9.17, 15) is 9.59 Å². The predicted octanol–water partition coefficient (Wildman–Crippen LogP) is 6.03. The van der Waals surface area contributed by atoms with Gasteiger partial charge in [-0.25, -0.2) is 0 Å². The zero-order chi connectivity index (χ0) is 31.2. The summed E-state index contributed by atoms with van der Waals surface area (Å²) in [6.45, 7) is 3.37. The van der Waals surface area contributed by atoms with Crippen LogP contribution >= 0.6 is 0 Å². The highest BCUT2D eigenvalue weighted by atomic mass is 16.2. The van der Waals surface area contributed by atoms with Crippen molar-refractivity contribution in [3.8, 4) is 11.1 Å². The van der Waals surface area contributed by atoms with Gasteiger partial charge in [-0.3, -0.25) is 19.3 Å². The van der Waals surface area contributed by atoms with Gasteiger partial charge in [0.25, 0.3) is 0 Å². The summed E-state index contributed by atoms with van der Waals surface area (Å²) in [5, 5.41) is 4.41. The van der Waals surface area contributed by atoms with Gasteiger partial charge in [0.15, 0.2) is 0 Å². The Morgan fingerprint density at radius 1 is 0.867 bits per heavy atom. The van der Waals surface area contributed by atoms with Crippen LogP contribution in [0.2, 0.25) is 0 Å². The minimum Gasteiger partial charge on any atom is -0.336 e. The monoisotopic (exact) mass is 595 g/mol. The molecule has 45 heavy (non-hydrogen) atoms. The molecule has 5 aromatic rings. The number of fused-ring (bicyclic) bond motifs is 1. The Morgan fingerprint density at radius 2 is 1.56 bits per heavy atom. The molecule has 7 heteroatoms. The van der Waals surface area contributed by atoms with Crippen molar-refractivity contribution in [2.45, 2.75) is 38.9 Å². The molecule has 226 valence electrons. The first-order valence-electron chi connectivity index (χ1n) is 15.3. The highest BCUT2D eigenvalue weighted by Gasteiger charge is 2.34. The Labute approximate surface area is 264 Å². The quantitative estimate of drug-likeness (QED) is 0.195. The maximum atomic E-state index is 14.5. The molecule has 0 saturated heterocycles. The maximum absolute atomic E-state index is 14.5. The summed E-state index contributed by atoms with van der Waals surface area (Å²) < 4.78 is 1.75. The first-order valence-corrected chi connectivity index (χ1v) is 15.3. The number of hydrogen-bond acceptors (Lipinski definition) is 4. The van der Waals surface area contributed by atoms with Crippen LogP contribution in [0, 0.1) is 6.92 Å². The zero-order valence-electron chi connectivity index (χ0n) is 25.7. The second-order valence-electron chi connectivity index (χ2n) is 11.6. The number of pyridine rings is 1. The standard InChI is InChI=1S/C38H37N5O2/c1-28-24-35(41(2)40-28)16-17-37(44)43(26-30-12-14-32(15-13-30)33-18-21-39-22-19-33)36(25-29-8-4-3-5-9-29)38(45)42-23-20-31-10-6-7-11-34(31)27-42/h3-19,21-22,24,36H,20,23,25-27H2,1-2H3/b17-16+/t36-/m0/s1. The fourth-order valence-corrected chi connectivity index (χ4v) is 5.99. The molecule has 0 spiro atoms. The number of carbonyl (C=O) groups excluding carboxylic acids is 2. The van der Waals surface area contributed by atoms with E-state index >= 15 is 0 Å². The van der Waals surface area contributed by atoms with E-state index < -0.39 is 6.04 Å². The molecule has 0 N–H and O–H groups in total. The molecule has 0 radical (unpaired) electrons. The van der Waals surface area contributed by atoms with Crippen molar-refractivity contribution in [3.05, 3.63) is 149 Å². The number of nitrogens with zero attached hydrogens (tertiary/aromatic N) is 5. The van der Waals surface area contributed by atoms with E-state index in [0.717, 1.165) is 45.6 Å². The van der Waals surface area contributed by atoms with Crippen LogP contribution in [0.5, 0.6) is 0 Å². The Morgan fingerprint density at radius 3 is 2.27 bits per heavy atom. The summed E-state index contributed by atoms with van der Waals surface area (Å²) in [5.74, 6) is -0.265. The van der Waals surface area contributed by atoms with Crippen molar-refractivity contribution >= 4 is 17.9 Å². The molecule has 1 aliphatic rings. The summed E-state index contributed by atoms with van der Waals surface area (Å²) >= 11 is 0. The number of benzene rings is 3. The van der Waals surface area contributed by atoms with Crippen LogP contribution in [-0.2, 0) is 42.6 Å². The molecule has 1 aliphatic heterocycles. The molecule has 0 fully saturated rings. The van der Waals surface area contributed by atoms with Crippen LogP contribution in [0.1, 0.15) is 33.6 Å². The van der Waals surface area contributed by atoms with Gasteiger partial charge in [-0.15, -0.1) is 0 Å². The Hall–Kier alpha value is -5.30.